The highest BCUT2D eigenvalue weighted by molar-refractivity contribution is 5.92. The Morgan fingerprint density at radius 2 is 1.95 bits per heavy atom. The van der Waals surface area contributed by atoms with Crippen molar-refractivity contribution in [1.29, 1.82) is 0 Å². The van der Waals surface area contributed by atoms with Gasteiger partial charge in [-0.15, -0.1) is 0 Å². The van der Waals surface area contributed by atoms with Gasteiger partial charge in [0.25, 0.3) is 0 Å². The van der Waals surface area contributed by atoms with Crippen LogP contribution >= 0.6 is 0 Å². The van der Waals surface area contributed by atoms with Gasteiger partial charge in [0.15, 0.2) is 0 Å². The Hall–Kier alpha value is -1.72. The van der Waals surface area contributed by atoms with E-state index in [1.54, 1.807) is 6.08 Å². The fourth-order valence-corrected chi connectivity index (χ4v) is 2.48. The Morgan fingerprint density at radius 3 is 2.50 bits per heavy atom. The van der Waals surface area contributed by atoms with Crippen LogP contribution in [0.3, 0.4) is 0 Å². The van der Waals surface area contributed by atoms with Crippen LogP contribution in [0.4, 0.5) is 4.79 Å². The van der Waals surface area contributed by atoms with Gasteiger partial charge in [-0.2, -0.15) is 0 Å². The summed E-state index contributed by atoms with van der Waals surface area (Å²) in [6.07, 6.45) is 3.73. The summed E-state index contributed by atoms with van der Waals surface area (Å²) in [6.45, 7) is 9.75. The van der Waals surface area contributed by atoms with Crippen molar-refractivity contribution in [2.24, 2.45) is 22.4 Å². The molecule has 1 rings (SSSR count). The maximum Gasteiger partial charge on any atom is 0.407 e. The molecule has 0 heterocycles. The molecule has 1 saturated carbocycles. The minimum absolute atomic E-state index is 0.0723. The minimum atomic E-state index is -0.364. The zero-order valence-corrected chi connectivity index (χ0v) is 14.3. The maximum atomic E-state index is 11.6. The summed E-state index contributed by atoms with van der Waals surface area (Å²) in [5.41, 5.74) is 12.5. The van der Waals surface area contributed by atoms with Crippen molar-refractivity contribution in [1.82, 2.24) is 5.32 Å². The fraction of sp³-hybridized carbons (Fsp3) is 0.750. The van der Waals surface area contributed by atoms with Crippen LogP contribution in [0.25, 0.3) is 0 Å². The molecule has 1 aliphatic carbocycles. The van der Waals surface area contributed by atoms with Gasteiger partial charge < -0.3 is 21.5 Å². The van der Waals surface area contributed by atoms with Gasteiger partial charge >= 0.3 is 6.09 Å². The third-order valence-electron chi connectivity index (χ3n) is 3.32. The van der Waals surface area contributed by atoms with Crippen LogP contribution in [0.2, 0.25) is 0 Å². The molecule has 1 amide bonds. The van der Waals surface area contributed by atoms with Crippen LogP contribution < -0.4 is 16.8 Å². The van der Waals surface area contributed by atoms with E-state index in [1.807, 2.05) is 34.6 Å². The topological polar surface area (TPSA) is 103 Å². The van der Waals surface area contributed by atoms with Gasteiger partial charge in [-0.1, -0.05) is 0 Å². The molecule has 5 N–H and O–H groups in total. The number of nitrogens with one attached hydrogen (secondary N) is 1. The lowest BCUT2D eigenvalue weighted by atomic mass is 10.0. The zero-order valence-electron chi connectivity index (χ0n) is 14.3. The van der Waals surface area contributed by atoms with E-state index in [4.69, 9.17) is 16.2 Å². The number of nitrogens with two attached hydrogens (primary N) is 2. The summed E-state index contributed by atoms with van der Waals surface area (Å²) in [6, 6.07) is 0.0723. The van der Waals surface area contributed by atoms with Crippen LogP contribution in [0.5, 0.6) is 0 Å². The number of aliphatic imine (C=N–C) groups is 1. The number of rotatable bonds is 4. The lowest BCUT2D eigenvalue weighted by molar-refractivity contribution is 0.0975. The summed E-state index contributed by atoms with van der Waals surface area (Å²) in [7, 11) is 0. The first-order valence-corrected chi connectivity index (χ1v) is 7.86. The van der Waals surface area contributed by atoms with Crippen molar-refractivity contribution < 1.29 is 9.53 Å². The van der Waals surface area contributed by atoms with Gasteiger partial charge in [-0.25, -0.2) is 4.79 Å². The highest BCUT2D eigenvalue weighted by atomic mass is 16.6. The summed E-state index contributed by atoms with van der Waals surface area (Å²) < 4.78 is 5.39. The molecule has 0 radical (unpaired) electrons. The van der Waals surface area contributed by atoms with Gasteiger partial charge in [0.2, 0.25) is 0 Å². The number of amides is 1. The van der Waals surface area contributed by atoms with Crippen LogP contribution in [0.15, 0.2) is 16.8 Å². The molecule has 0 saturated heterocycles. The molecule has 0 aromatic heterocycles. The average molecular weight is 310 g/mol. The number of nitrogens with zero attached hydrogens (tertiary/aromatic N) is 1. The van der Waals surface area contributed by atoms with Gasteiger partial charge in [-0.3, -0.25) is 4.99 Å². The molecule has 0 aromatic rings. The molecule has 6 nitrogen and oxygen atoms in total. The molecular formula is C16H30N4O2. The van der Waals surface area contributed by atoms with Crippen molar-refractivity contribution in [2.75, 3.05) is 0 Å². The number of carbonyl (C=O) groups excluding carboxylic acids is 1. The zero-order chi connectivity index (χ0) is 16.9. The first-order valence-electron chi connectivity index (χ1n) is 7.86. The Morgan fingerprint density at radius 1 is 1.32 bits per heavy atom. The highest BCUT2D eigenvalue weighted by Crippen LogP contribution is 2.31. The maximum absolute atomic E-state index is 11.6. The third-order valence-corrected chi connectivity index (χ3v) is 3.32. The SMILES string of the molecule is CC(C)NC(=O)OC1CCC(/C(N)=C/C(N)=NC(C)(C)C)C1. The lowest BCUT2D eigenvalue weighted by Crippen LogP contribution is -2.33. The number of ether oxygens (including phenoxy) is 1. The number of allylic oxidation sites excluding steroid dienone is 1. The second kappa shape index (κ2) is 7.51. The smallest absolute Gasteiger partial charge is 0.407 e. The standard InChI is InChI=1S/C16H30N4O2/c1-10(2)19-15(21)22-12-7-6-11(8-12)13(17)9-14(18)20-16(3,4)5/h9-12H,6-8,17H2,1-5H3,(H2,18,20)(H,19,21)/b13-9-. The predicted molar refractivity (Wildman–Crippen MR) is 89.5 cm³/mol. The molecule has 2 atom stereocenters. The number of amidine groups is 1. The predicted octanol–water partition coefficient (Wildman–Crippen LogP) is 2.29. The van der Waals surface area contributed by atoms with E-state index in [2.05, 4.69) is 10.3 Å². The van der Waals surface area contributed by atoms with Crippen LogP contribution in [-0.2, 0) is 4.74 Å². The lowest BCUT2D eigenvalue weighted by Gasteiger charge is -2.16. The van der Waals surface area contributed by atoms with Gasteiger partial charge in [-0.05, 0) is 60.0 Å². The number of hydrogen-bond acceptors (Lipinski definition) is 4. The molecule has 0 spiro atoms. The fourth-order valence-electron chi connectivity index (χ4n) is 2.48. The van der Waals surface area contributed by atoms with Crippen LogP contribution in [0.1, 0.15) is 53.9 Å². The second-order valence-electron chi connectivity index (χ2n) is 7.19. The Labute approximate surface area is 133 Å². The molecule has 0 aliphatic heterocycles. The first-order chi connectivity index (χ1) is 10.1. The largest absolute Gasteiger partial charge is 0.446 e. The summed E-state index contributed by atoms with van der Waals surface area (Å²) in [5, 5.41) is 2.73. The molecular weight excluding hydrogens is 280 g/mol. The van der Waals surface area contributed by atoms with E-state index in [-0.39, 0.29) is 29.7 Å². The molecule has 22 heavy (non-hydrogen) atoms. The minimum Gasteiger partial charge on any atom is -0.446 e. The second-order valence-corrected chi connectivity index (χ2v) is 7.19. The van der Waals surface area contributed by atoms with Gasteiger partial charge in [0.05, 0.1) is 5.54 Å². The quantitative estimate of drug-likeness (QED) is 0.547. The van der Waals surface area contributed by atoms with Crippen molar-refractivity contribution in [2.45, 2.75) is 71.6 Å². The van der Waals surface area contributed by atoms with Crippen molar-refractivity contribution in [3.05, 3.63) is 11.8 Å². The van der Waals surface area contributed by atoms with Gasteiger partial charge in [0, 0.05) is 17.7 Å². The molecule has 0 aromatic carbocycles. The molecule has 2 unspecified atom stereocenters. The third kappa shape index (κ3) is 6.83. The summed E-state index contributed by atoms with van der Waals surface area (Å²) in [5.74, 6) is 0.623. The molecule has 6 heteroatoms. The molecule has 126 valence electrons. The van der Waals surface area contributed by atoms with Crippen molar-refractivity contribution in [3.8, 4) is 0 Å². The van der Waals surface area contributed by atoms with Crippen molar-refractivity contribution >= 4 is 11.9 Å². The van der Waals surface area contributed by atoms with Crippen LogP contribution in [0, 0.1) is 5.92 Å². The van der Waals surface area contributed by atoms with Crippen LogP contribution in [-0.4, -0.2) is 29.6 Å². The Balaban J connectivity index is 2.55. The van der Waals surface area contributed by atoms with Crippen molar-refractivity contribution in [3.63, 3.8) is 0 Å². The molecule has 1 aliphatic rings. The Kier molecular flexibility index (Phi) is 6.26. The first kappa shape index (κ1) is 18.3. The van der Waals surface area contributed by atoms with E-state index < -0.39 is 0 Å². The number of alkyl carbamates (subject to hydrolysis) is 1. The summed E-state index contributed by atoms with van der Waals surface area (Å²) >= 11 is 0. The normalized spacial score (nSPS) is 23.7. The number of carbonyl (C=O) groups is 1. The van der Waals surface area contributed by atoms with E-state index >= 15 is 0 Å². The van der Waals surface area contributed by atoms with Gasteiger partial charge in [0.1, 0.15) is 11.9 Å². The Bertz CT molecular complexity index is 450. The van der Waals surface area contributed by atoms with E-state index in [0.717, 1.165) is 19.3 Å². The molecule has 1 fully saturated rings. The summed E-state index contributed by atoms with van der Waals surface area (Å²) in [4.78, 5) is 16.0. The molecule has 0 bridgehead atoms. The van der Waals surface area contributed by atoms with E-state index in [9.17, 15) is 4.79 Å². The van der Waals surface area contributed by atoms with E-state index in [1.165, 1.54) is 0 Å². The van der Waals surface area contributed by atoms with E-state index in [0.29, 0.717) is 11.5 Å². The average Bonchev–Trinajstić information content (AvgIpc) is 2.73. The number of hydrogen-bond donors (Lipinski definition) is 3. The monoisotopic (exact) mass is 310 g/mol. The highest BCUT2D eigenvalue weighted by Gasteiger charge is 2.29.